The number of rotatable bonds is 5. The number of carboxylic acid groups (broad SMARTS) is 1. The number of allylic oxidation sites excluding steroid dienone is 2. The van der Waals surface area contributed by atoms with Crippen molar-refractivity contribution in [3.05, 3.63) is 28.2 Å². The lowest BCUT2D eigenvalue weighted by Gasteiger charge is -2.24. The first kappa shape index (κ1) is 20.1. The van der Waals surface area contributed by atoms with Crippen molar-refractivity contribution in [2.75, 3.05) is 5.32 Å². The van der Waals surface area contributed by atoms with Gasteiger partial charge in [0.05, 0.1) is 17.4 Å². The van der Waals surface area contributed by atoms with Gasteiger partial charge in [-0.05, 0) is 56.9 Å². The normalized spacial score (nSPS) is 24.1. The summed E-state index contributed by atoms with van der Waals surface area (Å²) in [7, 11) is 0. The van der Waals surface area contributed by atoms with Crippen LogP contribution in [0.3, 0.4) is 0 Å². The molecule has 1 aromatic heterocycles. The van der Waals surface area contributed by atoms with E-state index >= 15 is 0 Å². The summed E-state index contributed by atoms with van der Waals surface area (Å²) in [6.07, 6.45) is 12.7. The average Bonchev–Trinajstić information content (AvgIpc) is 3.34. The van der Waals surface area contributed by atoms with E-state index in [9.17, 15) is 19.5 Å². The summed E-state index contributed by atoms with van der Waals surface area (Å²) in [6, 6.07) is 0.213. The lowest BCUT2D eigenvalue weighted by atomic mass is 9.82. The first-order chi connectivity index (χ1) is 14.0. The van der Waals surface area contributed by atoms with Crippen molar-refractivity contribution in [1.29, 1.82) is 0 Å². The minimum Gasteiger partial charge on any atom is -0.481 e. The molecule has 29 heavy (non-hydrogen) atoms. The predicted octanol–water partition coefficient (Wildman–Crippen LogP) is 3.90. The van der Waals surface area contributed by atoms with Crippen molar-refractivity contribution < 1.29 is 19.5 Å². The van der Waals surface area contributed by atoms with Crippen LogP contribution in [0.4, 0.5) is 5.00 Å². The quantitative estimate of drug-likeness (QED) is 0.634. The Labute approximate surface area is 174 Å². The van der Waals surface area contributed by atoms with Gasteiger partial charge in [0.15, 0.2) is 0 Å². The van der Waals surface area contributed by atoms with Crippen molar-refractivity contribution in [1.82, 2.24) is 5.32 Å². The molecule has 1 saturated carbocycles. The van der Waals surface area contributed by atoms with Gasteiger partial charge in [0.1, 0.15) is 5.00 Å². The zero-order chi connectivity index (χ0) is 20.4. The van der Waals surface area contributed by atoms with E-state index in [1.807, 2.05) is 12.2 Å². The molecule has 1 heterocycles. The fourth-order valence-corrected chi connectivity index (χ4v) is 6.09. The van der Waals surface area contributed by atoms with Crippen molar-refractivity contribution >= 4 is 34.1 Å². The molecule has 4 rings (SSSR count). The molecule has 2 unspecified atom stereocenters. The Bertz CT molecular complexity index is 838. The summed E-state index contributed by atoms with van der Waals surface area (Å²) >= 11 is 1.49. The van der Waals surface area contributed by atoms with Crippen LogP contribution in [0, 0.1) is 11.8 Å². The van der Waals surface area contributed by atoms with Gasteiger partial charge in [0, 0.05) is 10.9 Å². The molecule has 2 atom stereocenters. The Morgan fingerprint density at radius 3 is 2.38 bits per heavy atom. The van der Waals surface area contributed by atoms with E-state index in [0.717, 1.165) is 56.9 Å². The Morgan fingerprint density at radius 2 is 1.66 bits per heavy atom. The van der Waals surface area contributed by atoms with Crippen LogP contribution >= 0.6 is 11.3 Å². The molecule has 3 aliphatic carbocycles. The third kappa shape index (κ3) is 4.25. The van der Waals surface area contributed by atoms with E-state index in [1.54, 1.807) is 0 Å². The average molecular weight is 417 g/mol. The molecule has 1 fully saturated rings. The van der Waals surface area contributed by atoms with Gasteiger partial charge < -0.3 is 15.7 Å². The largest absolute Gasteiger partial charge is 0.481 e. The molecule has 0 bridgehead atoms. The molecule has 7 heteroatoms. The molecular formula is C22H28N2O4S. The minimum atomic E-state index is -0.945. The summed E-state index contributed by atoms with van der Waals surface area (Å²) in [6.45, 7) is 0. The van der Waals surface area contributed by atoms with E-state index in [0.29, 0.717) is 23.4 Å². The summed E-state index contributed by atoms with van der Waals surface area (Å²) in [5.41, 5.74) is 1.69. The highest BCUT2D eigenvalue weighted by Gasteiger charge is 2.35. The molecule has 1 aromatic rings. The molecule has 0 aromatic carbocycles. The number of thiophene rings is 1. The lowest BCUT2D eigenvalue weighted by Crippen LogP contribution is -2.36. The summed E-state index contributed by atoms with van der Waals surface area (Å²) in [5.74, 6) is -2.66. The van der Waals surface area contributed by atoms with Gasteiger partial charge in [-0.2, -0.15) is 0 Å². The smallest absolute Gasteiger partial charge is 0.307 e. The van der Waals surface area contributed by atoms with Crippen LogP contribution in [-0.2, 0) is 22.4 Å². The molecule has 6 nitrogen and oxygen atoms in total. The summed E-state index contributed by atoms with van der Waals surface area (Å²) in [5, 5.41) is 16.2. The number of aryl methyl sites for hydroxylation is 1. The van der Waals surface area contributed by atoms with Crippen LogP contribution in [0.15, 0.2) is 12.2 Å². The number of hydrogen-bond donors (Lipinski definition) is 3. The van der Waals surface area contributed by atoms with Gasteiger partial charge in [-0.25, -0.2) is 0 Å². The molecular weight excluding hydrogens is 388 g/mol. The van der Waals surface area contributed by atoms with Gasteiger partial charge in [-0.1, -0.05) is 25.0 Å². The fourth-order valence-electron chi connectivity index (χ4n) is 4.80. The molecule has 0 radical (unpaired) electrons. The van der Waals surface area contributed by atoms with Crippen LogP contribution in [0.2, 0.25) is 0 Å². The number of carbonyl (C=O) groups is 3. The topological polar surface area (TPSA) is 95.5 Å². The monoisotopic (exact) mass is 416 g/mol. The second-order valence-electron chi connectivity index (χ2n) is 8.35. The molecule has 156 valence electrons. The zero-order valence-electron chi connectivity index (χ0n) is 16.5. The Balaban J connectivity index is 1.58. The maximum atomic E-state index is 13.1. The third-order valence-corrected chi connectivity index (χ3v) is 7.62. The number of anilines is 1. The van der Waals surface area contributed by atoms with E-state index in [4.69, 9.17) is 0 Å². The number of nitrogens with one attached hydrogen (secondary N) is 2. The van der Waals surface area contributed by atoms with Gasteiger partial charge in [-0.15, -0.1) is 11.3 Å². The van der Waals surface area contributed by atoms with Crippen molar-refractivity contribution in [2.24, 2.45) is 11.8 Å². The van der Waals surface area contributed by atoms with Crippen molar-refractivity contribution in [3.8, 4) is 0 Å². The predicted molar refractivity (Wildman–Crippen MR) is 112 cm³/mol. The minimum absolute atomic E-state index is 0.0927. The fraction of sp³-hybridized carbons (Fsp3) is 0.591. The van der Waals surface area contributed by atoms with Crippen molar-refractivity contribution in [3.63, 3.8) is 0 Å². The molecule has 3 aliphatic rings. The number of carbonyl (C=O) groups excluding carboxylic acids is 2. The first-order valence-electron chi connectivity index (χ1n) is 10.7. The standard InChI is InChI=1S/C22H28N2O4S/c25-19(14-9-3-4-10-15(14)22(27)28)24-21-18(16-11-5-6-12-17(16)29-21)20(26)23-13-7-1-2-8-13/h3-4,13-15H,1-2,5-12H2,(H,23,26)(H,24,25)(H,27,28). The third-order valence-electron chi connectivity index (χ3n) is 6.41. The number of carboxylic acids is 1. The second kappa shape index (κ2) is 8.69. The van der Waals surface area contributed by atoms with Crippen LogP contribution < -0.4 is 10.6 Å². The number of hydrogen-bond acceptors (Lipinski definition) is 4. The SMILES string of the molecule is O=C(NC1CCCC1)c1c(NC(=O)C2CC=CCC2C(=O)O)sc2c1CCCC2. The molecule has 0 spiro atoms. The number of aliphatic carboxylic acids is 1. The molecule has 0 aliphatic heterocycles. The summed E-state index contributed by atoms with van der Waals surface area (Å²) < 4.78 is 0. The molecule has 2 amide bonds. The first-order valence-corrected chi connectivity index (χ1v) is 11.5. The Kier molecular flexibility index (Phi) is 6.04. The van der Waals surface area contributed by atoms with Crippen molar-refractivity contribution in [2.45, 2.75) is 70.3 Å². The number of fused-ring (bicyclic) bond motifs is 1. The highest BCUT2D eigenvalue weighted by atomic mass is 32.1. The van der Waals surface area contributed by atoms with Gasteiger partial charge >= 0.3 is 5.97 Å². The van der Waals surface area contributed by atoms with E-state index in [1.165, 1.54) is 16.2 Å². The molecule has 0 saturated heterocycles. The highest BCUT2D eigenvalue weighted by molar-refractivity contribution is 7.17. The van der Waals surface area contributed by atoms with Gasteiger partial charge in [-0.3, -0.25) is 14.4 Å². The van der Waals surface area contributed by atoms with E-state index in [-0.39, 0.29) is 17.9 Å². The highest BCUT2D eigenvalue weighted by Crippen LogP contribution is 2.39. The van der Waals surface area contributed by atoms with Crippen LogP contribution in [0.5, 0.6) is 0 Å². The van der Waals surface area contributed by atoms with Gasteiger partial charge in [0.25, 0.3) is 5.91 Å². The van der Waals surface area contributed by atoms with E-state index in [2.05, 4.69) is 10.6 Å². The lowest BCUT2D eigenvalue weighted by molar-refractivity contribution is -0.146. The second-order valence-corrected chi connectivity index (χ2v) is 9.46. The van der Waals surface area contributed by atoms with Gasteiger partial charge in [0.2, 0.25) is 5.91 Å². The maximum Gasteiger partial charge on any atom is 0.307 e. The number of amides is 2. The molecule has 3 N–H and O–H groups in total. The van der Waals surface area contributed by atoms with Crippen LogP contribution in [0.25, 0.3) is 0 Å². The van der Waals surface area contributed by atoms with Crippen LogP contribution in [0.1, 0.15) is 72.2 Å². The van der Waals surface area contributed by atoms with E-state index < -0.39 is 17.8 Å². The summed E-state index contributed by atoms with van der Waals surface area (Å²) in [4.78, 5) is 38.9. The zero-order valence-corrected chi connectivity index (χ0v) is 17.4. The Hall–Kier alpha value is -2.15. The Morgan fingerprint density at radius 1 is 0.966 bits per heavy atom. The van der Waals surface area contributed by atoms with Crippen LogP contribution in [-0.4, -0.2) is 28.9 Å². The maximum absolute atomic E-state index is 13.1.